The summed E-state index contributed by atoms with van der Waals surface area (Å²) in [4.78, 5) is 2.62. The number of quaternary nitrogens is 1. The lowest BCUT2D eigenvalue weighted by atomic mass is 10.2. The zero-order chi connectivity index (χ0) is 11.3. The Kier molecular flexibility index (Phi) is 4.58. The lowest BCUT2D eigenvalue weighted by Gasteiger charge is -2.42. The summed E-state index contributed by atoms with van der Waals surface area (Å²) < 4.78 is 1.33. The van der Waals surface area contributed by atoms with Gasteiger partial charge in [-0.05, 0) is 6.92 Å². The molecule has 2 aliphatic heterocycles. The highest BCUT2D eigenvalue weighted by molar-refractivity contribution is 4.68. The first-order valence-corrected chi connectivity index (χ1v) is 6.83. The van der Waals surface area contributed by atoms with E-state index in [4.69, 9.17) is 0 Å². The summed E-state index contributed by atoms with van der Waals surface area (Å²) in [6, 6.07) is 0. The van der Waals surface area contributed by atoms with Crippen LogP contribution >= 0.6 is 0 Å². The van der Waals surface area contributed by atoms with Crippen LogP contribution in [0.15, 0.2) is 0 Å². The number of piperazine rings is 2. The molecule has 2 rings (SSSR count). The number of rotatable bonds is 4. The molecule has 0 aromatic heterocycles. The van der Waals surface area contributed by atoms with Crippen LogP contribution in [-0.4, -0.2) is 81.4 Å². The zero-order valence-corrected chi connectivity index (χ0v) is 10.7. The molecule has 2 N–H and O–H groups in total. The van der Waals surface area contributed by atoms with Crippen LogP contribution in [-0.2, 0) is 0 Å². The zero-order valence-electron chi connectivity index (χ0n) is 10.7. The number of likely N-dealkylation sites (N-methyl/N-ethyl adjacent to an activating group) is 1. The molecule has 0 aromatic carbocycles. The van der Waals surface area contributed by atoms with E-state index in [1.807, 2.05) is 0 Å². The van der Waals surface area contributed by atoms with E-state index in [1.54, 1.807) is 0 Å². The van der Waals surface area contributed by atoms with Gasteiger partial charge in [0.2, 0.25) is 0 Å². The molecule has 0 saturated carbocycles. The van der Waals surface area contributed by atoms with Crippen molar-refractivity contribution in [2.75, 3.05) is 72.0 Å². The number of nitrogens with zero attached hydrogens (tertiary/aromatic N) is 2. The van der Waals surface area contributed by atoms with Crippen LogP contribution in [0.5, 0.6) is 0 Å². The first kappa shape index (κ1) is 12.3. The molecule has 0 amide bonds. The maximum Gasteiger partial charge on any atom is 0.0916 e. The molecule has 0 unspecified atom stereocenters. The van der Waals surface area contributed by atoms with Crippen LogP contribution in [0, 0.1) is 0 Å². The predicted molar refractivity (Wildman–Crippen MR) is 67.6 cm³/mol. The topological polar surface area (TPSA) is 27.3 Å². The molecular formula is C12H27N4+. The standard InChI is InChI=1S/C12H27N4/c1-2-16(10-5-14-6-11-16)12-9-15-7-3-13-4-8-15/h13-14H,2-12H2,1H3/q+1. The van der Waals surface area contributed by atoms with E-state index in [0.29, 0.717) is 0 Å². The SMILES string of the molecule is CC[N+]1(CCN2CCNCC2)CCNCC1. The number of nitrogens with one attached hydrogen (secondary N) is 2. The smallest absolute Gasteiger partial charge is 0.0916 e. The van der Waals surface area contributed by atoms with Gasteiger partial charge in [-0.2, -0.15) is 0 Å². The van der Waals surface area contributed by atoms with Crippen LogP contribution < -0.4 is 10.6 Å². The normalized spacial score (nSPS) is 26.8. The molecule has 4 nitrogen and oxygen atoms in total. The van der Waals surface area contributed by atoms with Crippen molar-refractivity contribution < 1.29 is 4.48 Å². The van der Waals surface area contributed by atoms with Gasteiger partial charge in [-0.3, -0.25) is 4.90 Å². The van der Waals surface area contributed by atoms with Crippen molar-refractivity contribution in [1.82, 2.24) is 15.5 Å². The van der Waals surface area contributed by atoms with Crippen molar-refractivity contribution in [2.24, 2.45) is 0 Å². The first-order chi connectivity index (χ1) is 7.85. The Bertz CT molecular complexity index is 195. The fraction of sp³-hybridized carbons (Fsp3) is 1.00. The molecule has 0 bridgehead atoms. The monoisotopic (exact) mass is 227 g/mol. The van der Waals surface area contributed by atoms with Gasteiger partial charge in [0, 0.05) is 45.8 Å². The van der Waals surface area contributed by atoms with Crippen molar-refractivity contribution in [3.63, 3.8) is 0 Å². The molecule has 2 aliphatic rings. The fourth-order valence-electron chi connectivity index (χ4n) is 2.86. The largest absolute Gasteiger partial charge is 0.321 e. The van der Waals surface area contributed by atoms with Gasteiger partial charge in [0.15, 0.2) is 0 Å². The summed E-state index contributed by atoms with van der Waals surface area (Å²) in [6.45, 7) is 16.2. The summed E-state index contributed by atoms with van der Waals surface area (Å²) in [5.74, 6) is 0. The Labute approximate surface area is 99.6 Å². The summed E-state index contributed by atoms with van der Waals surface area (Å²) in [7, 11) is 0. The Balaban J connectivity index is 1.77. The fourth-order valence-corrected chi connectivity index (χ4v) is 2.86. The van der Waals surface area contributed by atoms with Gasteiger partial charge in [0.1, 0.15) is 0 Å². The average Bonchev–Trinajstić information content (AvgIpc) is 2.39. The summed E-state index contributed by atoms with van der Waals surface area (Å²) in [5.41, 5.74) is 0. The van der Waals surface area contributed by atoms with Gasteiger partial charge in [-0.15, -0.1) is 0 Å². The quantitative estimate of drug-likeness (QED) is 0.624. The molecular weight excluding hydrogens is 200 g/mol. The molecule has 2 saturated heterocycles. The second kappa shape index (κ2) is 5.96. The van der Waals surface area contributed by atoms with E-state index in [2.05, 4.69) is 22.5 Å². The minimum atomic E-state index is 1.17. The molecule has 2 fully saturated rings. The molecule has 0 spiro atoms. The third-order valence-corrected chi connectivity index (χ3v) is 4.30. The first-order valence-electron chi connectivity index (χ1n) is 6.83. The van der Waals surface area contributed by atoms with Crippen molar-refractivity contribution in [3.8, 4) is 0 Å². The van der Waals surface area contributed by atoms with Crippen LogP contribution in [0.25, 0.3) is 0 Å². The average molecular weight is 227 g/mol. The molecule has 0 aromatic rings. The minimum Gasteiger partial charge on any atom is -0.321 e. The third kappa shape index (κ3) is 3.17. The molecule has 16 heavy (non-hydrogen) atoms. The summed E-state index contributed by atoms with van der Waals surface area (Å²) >= 11 is 0. The van der Waals surface area contributed by atoms with Crippen LogP contribution in [0.2, 0.25) is 0 Å². The summed E-state index contributed by atoms with van der Waals surface area (Å²) in [5, 5.41) is 6.89. The van der Waals surface area contributed by atoms with Gasteiger partial charge >= 0.3 is 0 Å². The van der Waals surface area contributed by atoms with E-state index in [0.717, 1.165) is 0 Å². The Morgan fingerprint density at radius 3 is 2.25 bits per heavy atom. The van der Waals surface area contributed by atoms with Crippen molar-refractivity contribution in [1.29, 1.82) is 0 Å². The van der Waals surface area contributed by atoms with E-state index in [1.165, 1.54) is 76.5 Å². The molecule has 4 heteroatoms. The second-order valence-electron chi connectivity index (χ2n) is 5.17. The van der Waals surface area contributed by atoms with Gasteiger partial charge in [-0.1, -0.05) is 0 Å². The number of hydrogen-bond acceptors (Lipinski definition) is 3. The molecule has 0 atom stereocenters. The van der Waals surface area contributed by atoms with Crippen LogP contribution in [0.1, 0.15) is 6.92 Å². The maximum absolute atomic E-state index is 3.47. The summed E-state index contributed by atoms with van der Waals surface area (Å²) in [6.07, 6.45) is 0. The highest BCUT2D eigenvalue weighted by Crippen LogP contribution is 2.09. The van der Waals surface area contributed by atoms with Crippen molar-refractivity contribution >= 4 is 0 Å². The van der Waals surface area contributed by atoms with E-state index in [9.17, 15) is 0 Å². The number of hydrogen-bond donors (Lipinski definition) is 2. The van der Waals surface area contributed by atoms with Crippen molar-refractivity contribution in [3.05, 3.63) is 0 Å². The van der Waals surface area contributed by atoms with Crippen LogP contribution in [0.3, 0.4) is 0 Å². The Morgan fingerprint density at radius 2 is 1.62 bits per heavy atom. The Morgan fingerprint density at radius 1 is 1.00 bits per heavy atom. The lowest BCUT2D eigenvalue weighted by molar-refractivity contribution is -0.927. The Hall–Kier alpha value is -0.160. The van der Waals surface area contributed by atoms with Crippen molar-refractivity contribution in [2.45, 2.75) is 6.92 Å². The van der Waals surface area contributed by atoms with Gasteiger partial charge in [0.25, 0.3) is 0 Å². The predicted octanol–water partition coefficient (Wildman–Crippen LogP) is -0.668. The maximum atomic E-state index is 3.47. The molecule has 0 radical (unpaired) electrons. The third-order valence-electron chi connectivity index (χ3n) is 4.30. The van der Waals surface area contributed by atoms with Crippen LogP contribution in [0.4, 0.5) is 0 Å². The molecule has 2 heterocycles. The van der Waals surface area contributed by atoms with Gasteiger partial charge in [-0.25, -0.2) is 0 Å². The van der Waals surface area contributed by atoms with E-state index in [-0.39, 0.29) is 0 Å². The van der Waals surface area contributed by atoms with Gasteiger partial charge < -0.3 is 15.1 Å². The minimum absolute atomic E-state index is 1.17. The van der Waals surface area contributed by atoms with Gasteiger partial charge in [0.05, 0.1) is 26.2 Å². The van der Waals surface area contributed by atoms with E-state index >= 15 is 0 Å². The molecule has 94 valence electrons. The highest BCUT2D eigenvalue weighted by atomic mass is 15.4. The van der Waals surface area contributed by atoms with E-state index < -0.39 is 0 Å². The lowest BCUT2D eigenvalue weighted by Crippen LogP contribution is -2.61. The second-order valence-corrected chi connectivity index (χ2v) is 5.17. The molecule has 0 aliphatic carbocycles. The highest BCUT2D eigenvalue weighted by Gasteiger charge is 2.28.